The third kappa shape index (κ3) is 3.75. The molecule has 1 saturated carbocycles. The Kier molecular flexibility index (Phi) is 4.93. The van der Waals surface area contributed by atoms with E-state index in [1.165, 1.54) is 16.9 Å². The number of hydrogen-bond donors (Lipinski definition) is 2. The molecule has 0 bridgehead atoms. The van der Waals surface area contributed by atoms with Crippen LogP contribution < -0.4 is 11.1 Å². The maximum atomic E-state index is 12.7. The summed E-state index contributed by atoms with van der Waals surface area (Å²) in [6.07, 6.45) is 3.85. The second-order valence-electron chi connectivity index (χ2n) is 7.70. The fourth-order valence-corrected chi connectivity index (χ4v) is 4.36. The molecule has 1 fully saturated rings. The predicted octanol–water partition coefficient (Wildman–Crippen LogP) is 3.71. The van der Waals surface area contributed by atoms with Gasteiger partial charge in [0.15, 0.2) is 0 Å². The fraction of sp³-hybridized carbons (Fsp3) is 0.526. The van der Waals surface area contributed by atoms with Gasteiger partial charge in [0.1, 0.15) is 5.01 Å². The van der Waals surface area contributed by atoms with Crippen molar-refractivity contribution in [3.63, 3.8) is 0 Å². The highest BCUT2D eigenvalue weighted by Gasteiger charge is 2.38. The van der Waals surface area contributed by atoms with Crippen molar-refractivity contribution in [2.75, 3.05) is 5.32 Å². The van der Waals surface area contributed by atoms with Crippen molar-refractivity contribution in [3.05, 3.63) is 40.9 Å². The summed E-state index contributed by atoms with van der Waals surface area (Å²) in [6.45, 7) is 6.21. The molecule has 6 heteroatoms. The number of nitrogens with zero attached hydrogens (tertiary/aromatic N) is 2. The number of rotatable bonds is 4. The molecule has 25 heavy (non-hydrogen) atoms. The molecule has 1 heterocycles. The van der Waals surface area contributed by atoms with Crippen LogP contribution in [0.2, 0.25) is 0 Å². The number of nitrogens with two attached hydrogens (primary N) is 1. The molecule has 2 unspecified atom stereocenters. The van der Waals surface area contributed by atoms with Gasteiger partial charge in [0.05, 0.1) is 5.92 Å². The smallest absolute Gasteiger partial charge is 0.231 e. The number of anilines is 1. The molecule has 134 valence electrons. The van der Waals surface area contributed by atoms with Gasteiger partial charge in [0, 0.05) is 11.0 Å². The Balaban J connectivity index is 1.75. The van der Waals surface area contributed by atoms with E-state index in [1.54, 1.807) is 0 Å². The van der Waals surface area contributed by atoms with Crippen LogP contribution in [0.15, 0.2) is 30.3 Å². The summed E-state index contributed by atoms with van der Waals surface area (Å²) < 4.78 is 0. The van der Waals surface area contributed by atoms with Crippen molar-refractivity contribution in [1.82, 2.24) is 10.2 Å². The highest BCUT2D eigenvalue weighted by molar-refractivity contribution is 7.15. The van der Waals surface area contributed by atoms with Crippen molar-refractivity contribution in [1.29, 1.82) is 0 Å². The van der Waals surface area contributed by atoms with Crippen LogP contribution in [0.4, 0.5) is 5.13 Å². The molecule has 0 radical (unpaired) electrons. The molecule has 0 saturated heterocycles. The topological polar surface area (TPSA) is 80.9 Å². The van der Waals surface area contributed by atoms with E-state index in [-0.39, 0.29) is 17.2 Å². The van der Waals surface area contributed by atoms with Gasteiger partial charge in [-0.2, -0.15) is 0 Å². The predicted molar refractivity (Wildman–Crippen MR) is 102 cm³/mol. The van der Waals surface area contributed by atoms with Crippen LogP contribution in [0.5, 0.6) is 0 Å². The summed E-state index contributed by atoms with van der Waals surface area (Å²) in [5.41, 5.74) is 6.81. The summed E-state index contributed by atoms with van der Waals surface area (Å²) >= 11 is 1.43. The monoisotopic (exact) mass is 358 g/mol. The first-order valence-electron chi connectivity index (χ1n) is 8.80. The molecule has 3 rings (SSSR count). The van der Waals surface area contributed by atoms with Crippen LogP contribution in [-0.4, -0.2) is 21.6 Å². The van der Waals surface area contributed by atoms with Crippen LogP contribution in [0.1, 0.15) is 57.0 Å². The van der Waals surface area contributed by atoms with Crippen LogP contribution in [0, 0.1) is 5.92 Å². The molecule has 1 aliphatic rings. The van der Waals surface area contributed by atoms with Gasteiger partial charge in [-0.05, 0) is 39.2 Å². The first-order valence-corrected chi connectivity index (χ1v) is 9.61. The number of carbonyl (C=O) groups excluding carboxylic acids is 1. The van der Waals surface area contributed by atoms with E-state index in [4.69, 9.17) is 5.73 Å². The van der Waals surface area contributed by atoms with E-state index < -0.39 is 5.54 Å². The molecule has 1 amide bonds. The zero-order valence-electron chi connectivity index (χ0n) is 15.1. The van der Waals surface area contributed by atoms with Crippen LogP contribution >= 0.6 is 11.3 Å². The SMILES string of the molecule is CC(C)(c1ccccc1)c1nnc(NC(=O)C2CCCCC2(C)N)s1. The van der Waals surface area contributed by atoms with Gasteiger partial charge < -0.3 is 11.1 Å². The Hall–Kier alpha value is -1.79. The van der Waals surface area contributed by atoms with Crippen molar-refractivity contribution in [2.45, 2.75) is 57.4 Å². The number of nitrogens with one attached hydrogen (secondary N) is 1. The molecule has 1 aromatic carbocycles. The first kappa shape index (κ1) is 18.0. The van der Waals surface area contributed by atoms with E-state index in [0.717, 1.165) is 30.7 Å². The third-order valence-electron chi connectivity index (χ3n) is 5.26. The van der Waals surface area contributed by atoms with Crippen LogP contribution in [0.3, 0.4) is 0 Å². The lowest BCUT2D eigenvalue weighted by atomic mass is 9.74. The first-order chi connectivity index (χ1) is 11.8. The quantitative estimate of drug-likeness (QED) is 0.873. The lowest BCUT2D eigenvalue weighted by Gasteiger charge is -2.36. The zero-order chi connectivity index (χ0) is 18.1. The molecule has 2 aromatic rings. The average Bonchev–Trinajstić information content (AvgIpc) is 3.04. The van der Waals surface area contributed by atoms with Gasteiger partial charge in [-0.15, -0.1) is 10.2 Å². The standard InChI is InChI=1S/C19H26N4OS/c1-18(2,13-9-5-4-6-10-13)16-22-23-17(25-16)21-15(24)14-11-7-8-12-19(14,3)20/h4-6,9-10,14H,7-8,11-12,20H2,1-3H3,(H,21,23,24). The second-order valence-corrected chi connectivity index (χ2v) is 8.67. The minimum atomic E-state index is -0.445. The van der Waals surface area contributed by atoms with Gasteiger partial charge in [-0.1, -0.05) is 54.5 Å². The fourth-order valence-electron chi connectivity index (χ4n) is 3.49. The van der Waals surface area contributed by atoms with Crippen molar-refractivity contribution < 1.29 is 4.79 Å². The largest absolute Gasteiger partial charge is 0.325 e. The zero-order valence-corrected chi connectivity index (χ0v) is 15.9. The molecule has 3 N–H and O–H groups in total. The Morgan fingerprint density at radius 2 is 2.00 bits per heavy atom. The summed E-state index contributed by atoms with van der Waals surface area (Å²) in [7, 11) is 0. The molecule has 0 aliphatic heterocycles. The maximum Gasteiger partial charge on any atom is 0.231 e. The van der Waals surface area contributed by atoms with Gasteiger partial charge in [-0.25, -0.2) is 0 Å². The number of carbonyl (C=O) groups is 1. The summed E-state index contributed by atoms with van der Waals surface area (Å²) in [5.74, 6) is -0.208. The molecule has 2 atom stereocenters. The minimum Gasteiger partial charge on any atom is -0.325 e. The van der Waals surface area contributed by atoms with E-state index in [2.05, 4.69) is 41.5 Å². The average molecular weight is 359 g/mol. The second kappa shape index (κ2) is 6.84. The van der Waals surface area contributed by atoms with Gasteiger partial charge in [0.2, 0.25) is 11.0 Å². The maximum absolute atomic E-state index is 12.7. The normalized spacial score (nSPS) is 24.1. The molecule has 5 nitrogen and oxygen atoms in total. The van der Waals surface area contributed by atoms with Gasteiger partial charge in [-0.3, -0.25) is 4.79 Å². The molecular formula is C19H26N4OS. The summed E-state index contributed by atoms with van der Waals surface area (Å²) in [5, 5.41) is 12.9. The lowest BCUT2D eigenvalue weighted by Crippen LogP contribution is -2.51. The summed E-state index contributed by atoms with van der Waals surface area (Å²) in [4.78, 5) is 12.7. The third-order valence-corrected chi connectivity index (χ3v) is 6.42. The minimum absolute atomic E-state index is 0.0371. The molecule has 1 aliphatic carbocycles. The van der Waals surface area contributed by atoms with E-state index >= 15 is 0 Å². The molecule has 1 aromatic heterocycles. The number of aromatic nitrogens is 2. The highest BCUT2D eigenvalue weighted by atomic mass is 32.1. The number of hydrogen-bond acceptors (Lipinski definition) is 5. The number of amides is 1. The van der Waals surface area contributed by atoms with Gasteiger partial charge in [0.25, 0.3) is 0 Å². The summed E-state index contributed by atoms with van der Waals surface area (Å²) in [6, 6.07) is 10.2. The Labute approximate surface area is 153 Å². The molecular weight excluding hydrogens is 332 g/mol. The Morgan fingerprint density at radius 1 is 1.28 bits per heavy atom. The Morgan fingerprint density at radius 3 is 2.68 bits per heavy atom. The highest BCUT2D eigenvalue weighted by Crippen LogP contribution is 2.36. The lowest BCUT2D eigenvalue weighted by molar-refractivity contribution is -0.122. The van der Waals surface area contributed by atoms with Crippen LogP contribution in [0.25, 0.3) is 0 Å². The van der Waals surface area contributed by atoms with Crippen LogP contribution in [-0.2, 0) is 10.2 Å². The molecule has 0 spiro atoms. The Bertz CT molecular complexity index is 739. The van der Waals surface area contributed by atoms with E-state index in [0.29, 0.717) is 5.13 Å². The van der Waals surface area contributed by atoms with Gasteiger partial charge >= 0.3 is 0 Å². The van der Waals surface area contributed by atoms with Crippen molar-refractivity contribution >= 4 is 22.4 Å². The number of benzene rings is 1. The van der Waals surface area contributed by atoms with Crippen molar-refractivity contribution in [2.24, 2.45) is 11.7 Å². The van der Waals surface area contributed by atoms with Crippen molar-refractivity contribution in [3.8, 4) is 0 Å². The van der Waals surface area contributed by atoms with E-state index in [9.17, 15) is 4.79 Å². The van der Waals surface area contributed by atoms with E-state index in [1.807, 2.05) is 25.1 Å².